The highest BCUT2D eigenvalue weighted by Gasteiger charge is 2.33. The lowest BCUT2D eigenvalue weighted by Gasteiger charge is -2.20. The number of ketones is 1. The third-order valence-electron chi connectivity index (χ3n) is 2.97. The molecule has 0 saturated carbocycles. The summed E-state index contributed by atoms with van der Waals surface area (Å²) in [6.45, 7) is 1.56. The second-order valence-electron chi connectivity index (χ2n) is 4.05. The van der Waals surface area contributed by atoms with E-state index in [1.807, 2.05) is 0 Å². The van der Waals surface area contributed by atoms with Crippen molar-refractivity contribution in [1.29, 1.82) is 0 Å². The number of carboxylic acid groups (broad SMARTS) is 1. The average molecular weight is 222 g/mol. The van der Waals surface area contributed by atoms with E-state index in [2.05, 4.69) is 0 Å². The van der Waals surface area contributed by atoms with Gasteiger partial charge >= 0.3 is 5.97 Å². The van der Waals surface area contributed by atoms with Crippen molar-refractivity contribution in [2.45, 2.75) is 19.8 Å². The summed E-state index contributed by atoms with van der Waals surface area (Å²) in [4.78, 5) is 22.6. The minimum atomic E-state index is -1.10. The van der Waals surface area contributed by atoms with Crippen LogP contribution in [0.2, 0.25) is 0 Å². The number of fused-ring (bicyclic) bond motifs is 1. The highest BCUT2D eigenvalue weighted by atomic mass is 19.1. The number of benzene rings is 1. The molecule has 1 aliphatic carbocycles. The van der Waals surface area contributed by atoms with Gasteiger partial charge < -0.3 is 5.11 Å². The van der Waals surface area contributed by atoms with Gasteiger partial charge in [-0.25, -0.2) is 4.39 Å². The highest BCUT2D eigenvalue weighted by molar-refractivity contribution is 6.09. The van der Waals surface area contributed by atoms with E-state index >= 15 is 0 Å². The fourth-order valence-corrected chi connectivity index (χ4v) is 2.01. The van der Waals surface area contributed by atoms with Gasteiger partial charge in [0.25, 0.3) is 0 Å². The molecule has 1 aromatic carbocycles. The molecule has 84 valence electrons. The maximum atomic E-state index is 13.3. The van der Waals surface area contributed by atoms with Gasteiger partial charge in [-0.05, 0) is 43.0 Å². The number of Topliss-reactive ketones (excluding diaryl/α,β-unsaturated/α-hetero) is 1. The van der Waals surface area contributed by atoms with Crippen LogP contribution in [-0.4, -0.2) is 16.9 Å². The monoisotopic (exact) mass is 222 g/mol. The Morgan fingerprint density at radius 2 is 2.19 bits per heavy atom. The summed E-state index contributed by atoms with van der Waals surface area (Å²) in [5.74, 6) is -2.83. The van der Waals surface area contributed by atoms with Crippen LogP contribution in [0.1, 0.15) is 27.9 Å². The summed E-state index contributed by atoms with van der Waals surface area (Å²) in [6.07, 6.45) is 0.693. The van der Waals surface area contributed by atoms with Crippen molar-refractivity contribution in [2.24, 2.45) is 5.92 Å². The summed E-state index contributed by atoms with van der Waals surface area (Å²) in [5.41, 5.74) is 1.35. The van der Waals surface area contributed by atoms with Crippen molar-refractivity contribution in [1.82, 2.24) is 0 Å². The van der Waals surface area contributed by atoms with Gasteiger partial charge in [-0.2, -0.15) is 0 Å². The Balaban J connectivity index is 2.49. The molecule has 0 radical (unpaired) electrons. The van der Waals surface area contributed by atoms with E-state index in [4.69, 9.17) is 5.11 Å². The Hall–Kier alpha value is -1.71. The predicted molar refractivity (Wildman–Crippen MR) is 54.9 cm³/mol. The van der Waals surface area contributed by atoms with Crippen molar-refractivity contribution in [3.05, 3.63) is 34.6 Å². The second kappa shape index (κ2) is 3.70. The van der Waals surface area contributed by atoms with Crippen LogP contribution in [0.25, 0.3) is 0 Å². The molecule has 0 spiro atoms. The zero-order chi connectivity index (χ0) is 11.9. The van der Waals surface area contributed by atoms with Crippen LogP contribution in [-0.2, 0) is 11.2 Å². The van der Waals surface area contributed by atoms with Crippen molar-refractivity contribution in [3.63, 3.8) is 0 Å². The molecule has 1 aliphatic rings. The van der Waals surface area contributed by atoms with E-state index in [9.17, 15) is 14.0 Å². The lowest BCUT2D eigenvalue weighted by molar-refractivity contribution is -0.140. The van der Waals surface area contributed by atoms with Gasteiger partial charge in [-0.1, -0.05) is 0 Å². The first-order valence-corrected chi connectivity index (χ1v) is 5.06. The number of aliphatic carboxylic acids is 1. The molecule has 0 aliphatic heterocycles. The Morgan fingerprint density at radius 1 is 1.50 bits per heavy atom. The van der Waals surface area contributed by atoms with Crippen LogP contribution in [0, 0.1) is 18.7 Å². The maximum Gasteiger partial charge on any atom is 0.314 e. The average Bonchev–Trinajstić information content (AvgIpc) is 2.21. The quantitative estimate of drug-likeness (QED) is 0.739. The third-order valence-corrected chi connectivity index (χ3v) is 2.97. The van der Waals surface area contributed by atoms with Gasteiger partial charge in [-0.15, -0.1) is 0 Å². The molecule has 0 aromatic heterocycles. The molecule has 2 rings (SSSR count). The van der Waals surface area contributed by atoms with Crippen molar-refractivity contribution in [2.75, 3.05) is 0 Å². The van der Waals surface area contributed by atoms with Crippen LogP contribution < -0.4 is 0 Å². The minimum absolute atomic E-state index is 0.254. The molecule has 0 fully saturated rings. The second-order valence-corrected chi connectivity index (χ2v) is 4.05. The van der Waals surface area contributed by atoms with Crippen LogP contribution >= 0.6 is 0 Å². The molecule has 4 heteroatoms. The normalized spacial score (nSPS) is 19.4. The molecular weight excluding hydrogens is 211 g/mol. The molecule has 1 aromatic rings. The number of rotatable bonds is 1. The van der Waals surface area contributed by atoms with Crippen molar-refractivity contribution < 1.29 is 19.1 Å². The summed E-state index contributed by atoms with van der Waals surface area (Å²) in [5, 5.41) is 8.86. The Morgan fingerprint density at radius 3 is 2.81 bits per heavy atom. The molecule has 0 heterocycles. The lowest BCUT2D eigenvalue weighted by Crippen LogP contribution is -2.29. The highest BCUT2D eigenvalue weighted by Crippen LogP contribution is 2.27. The molecule has 16 heavy (non-hydrogen) atoms. The topological polar surface area (TPSA) is 54.4 Å². The fraction of sp³-hybridized carbons (Fsp3) is 0.333. The van der Waals surface area contributed by atoms with E-state index in [1.165, 1.54) is 12.1 Å². The van der Waals surface area contributed by atoms with Crippen LogP contribution in [0.15, 0.2) is 12.1 Å². The van der Waals surface area contributed by atoms with E-state index in [0.717, 1.165) is 0 Å². The molecule has 1 unspecified atom stereocenters. The minimum Gasteiger partial charge on any atom is -0.481 e. The number of carbonyl (C=O) groups is 2. The van der Waals surface area contributed by atoms with Crippen LogP contribution in [0.4, 0.5) is 4.39 Å². The number of carboxylic acids is 1. The van der Waals surface area contributed by atoms with Gasteiger partial charge in [0.05, 0.1) is 0 Å². The zero-order valence-electron chi connectivity index (χ0n) is 8.79. The molecular formula is C12H11FO3. The van der Waals surface area contributed by atoms with Crippen LogP contribution in [0.3, 0.4) is 0 Å². The predicted octanol–water partition coefficient (Wildman–Crippen LogP) is 1.96. The van der Waals surface area contributed by atoms with Crippen molar-refractivity contribution in [3.8, 4) is 0 Å². The number of carbonyl (C=O) groups excluding carboxylic acids is 1. The molecule has 1 N–H and O–H groups in total. The largest absolute Gasteiger partial charge is 0.481 e. The summed E-state index contributed by atoms with van der Waals surface area (Å²) in [7, 11) is 0. The summed E-state index contributed by atoms with van der Waals surface area (Å²) in [6, 6.07) is 2.78. The SMILES string of the molecule is Cc1cc2c(cc1F)CCC(C(=O)O)C2=O. The third kappa shape index (κ3) is 1.60. The molecule has 3 nitrogen and oxygen atoms in total. The maximum absolute atomic E-state index is 13.3. The van der Waals surface area contributed by atoms with E-state index in [-0.39, 0.29) is 12.2 Å². The van der Waals surface area contributed by atoms with Gasteiger partial charge in [0.2, 0.25) is 0 Å². The van der Waals surface area contributed by atoms with Crippen molar-refractivity contribution >= 4 is 11.8 Å². The molecule has 0 bridgehead atoms. The van der Waals surface area contributed by atoms with E-state index in [0.29, 0.717) is 23.1 Å². The number of hydrogen-bond donors (Lipinski definition) is 1. The summed E-state index contributed by atoms with van der Waals surface area (Å²) >= 11 is 0. The zero-order valence-corrected chi connectivity index (χ0v) is 8.79. The molecule has 0 amide bonds. The van der Waals surface area contributed by atoms with Gasteiger partial charge in [-0.3, -0.25) is 9.59 Å². The first-order chi connectivity index (χ1) is 7.50. The van der Waals surface area contributed by atoms with Gasteiger partial charge in [0.15, 0.2) is 5.78 Å². The number of hydrogen-bond acceptors (Lipinski definition) is 2. The smallest absolute Gasteiger partial charge is 0.314 e. The first-order valence-electron chi connectivity index (χ1n) is 5.06. The van der Waals surface area contributed by atoms with Gasteiger partial charge in [0, 0.05) is 5.56 Å². The molecule has 0 saturated heterocycles. The summed E-state index contributed by atoms with van der Waals surface area (Å²) < 4.78 is 13.3. The Labute approximate surface area is 91.9 Å². The van der Waals surface area contributed by atoms with Crippen LogP contribution in [0.5, 0.6) is 0 Å². The number of halogens is 1. The van der Waals surface area contributed by atoms with Gasteiger partial charge in [0.1, 0.15) is 11.7 Å². The standard InChI is InChI=1S/C12H11FO3/c1-6-4-9-7(5-10(6)13)2-3-8(11(9)14)12(15)16/h4-5,8H,2-3H2,1H3,(H,15,16). The first kappa shape index (κ1) is 10.8. The van der Waals surface area contributed by atoms with E-state index < -0.39 is 17.7 Å². The fourth-order valence-electron chi connectivity index (χ4n) is 2.01. The lowest BCUT2D eigenvalue weighted by atomic mass is 9.82. The molecule has 1 atom stereocenters. The Bertz CT molecular complexity index is 479. The van der Waals surface area contributed by atoms with E-state index in [1.54, 1.807) is 6.92 Å². The Kier molecular flexibility index (Phi) is 2.50. The number of aryl methyl sites for hydroxylation is 2.